The molecule has 146 valence electrons. The maximum Gasteiger partial charge on any atom is 0.251 e. The maximum absolute atomic E-state index is 12.3. The quantitative estimate of drug-likeness (QED) is 0.638. The number of ether oxygens (including phenoxy) is 2. The highest BCUT2D eigenvalue weighted by molar-refractivity contribution is 7.89. The summed E-state index contributed by atoms with van der Waals surface area (Å²) in [6.07, 6.45) is 0. The highest BCUT2D eigenvalue weighted by Crippen LogP contribution is 2.25. The van der Waals surface area contributed by atoms with E-state index in [4.69, 9.17) is 9.47 Å². The second kappa shape index (κ2) is 9.38. The first-order chi connectivity index (χ1) is 12.8. The summed E-state index contributed by atoms with van der Waals surface area (Å²) in [5.74, 6) is 0.821. The van der Waals surface area contributed by atoms with E-state index in [-0.39, 0.29) is 35.6 Å². The number of nitrogens with one attached hydrogen (secondary N) is 2. The van der Waals surface area contributed by atoms with E-state index in [1.165, 1.54) is 18.2 Å². The van der Waals surface area contributed by atoms with Crippen LogP contribution in [0.1, 0.15) is 24.2 Å². The predicted molar refractivity (Wildman–Crippen MR) is 103 cm³/mol. The zero-order chi connectivity index (χ0) is 19.9. The molecule has 0 unspecified atom stereocenters. The SMILES string of the molecule is COc1ccccc1OCCNC(=O)c1cccc(S(=O)(=O)NC(C)C)c1. The van der Waals surface area contributed by atoms with Crippen LogP contribution in [0.5, 0.6) is 11.5 Å². The van der Waals surface area contributed by atoms with Crippen LogP contribution in [0.25, 0.3) is 0 Å². The molecule has 7 nitrogen and oxygen atoms in total. The topological polar surface area (TPSA) is 93.7 Å². The van der Waals surface area contributed by atoms with E-state index in [2.05, 4.69) is 10.0 Å². The average molecular weight is 392 g/mol. The molecule has 2 aromatic rings. The normalized spacial score (nSPS) is 11.3. The number of methoxy groups -OCH3 is 1. The minimum absolute atomic E-state index is 0.0501. The van der Waals surface area contributed by atoms with Crippen LogP contribution in [0, 0.1) is 0 Å². The van der Waals surface area contributed by atoms with E-state index in [0.29, 0.717) is 11.5 Å². The van der Waals surface area contributed by atoms with Gasteiger partial charge >= 0.3 is 0 Å². The molecule has 0 radical (unpaired) electrons. The lowest BCUT2D eigenvalue weighted by Crippen LogP contribution is -2.31. The number of hydrogen-bond donors (Lipinski definition) is 2. The molecule has 0 aromatic heterocycles. The van der Waals surface area contributed by atoms with Gasteiger partial charge in [0.2, 0.25) is 10.0 Å². The van der Waals surface area contributed by atoms with Crippen molar-refractivity contribution in [2.24, 2.45) is 0 Å². The van der Waals surface area contributed by atoms with Gasteiger partial charge in [-0.3, -0.25) is 4.79 Å². The highest BCUT2D eigenvalue weighted by atomic mass is 32.2. The van der Waals surface area contributed by atoms with Gasteiger partial charge in [-0.1, -0.05) is 18.2 Å². The van der Waals surface area contributed by atoms with E-state index in [9.17, 15) is 13.2 Å². The average Bonchev–Trinajstić information content (AvgIpc) is 2.64. The van der Waals surface area contributed by atoms with Crippen molar-refractivity contribution in [1.29, 1.82) is 0 Å². The lowest BCUT2D eigenvalue weighted by Gasteiger charge is -2.12. The molecule has 0 saturated heterocycles. The first-order valence-corrected chi connectivity index (χ1v) is 9.98. The number of carbonyl (C=O) groups excluding carboxylic acids is 1. The van der Waals surface area contributed by atoms with Crippen molar-refractivity contribution in [3.05, 3.63) is 54.1 Å². The van der Waals surface area contributed by atoms with E-state index < -0.39 is 10.0 Å². The third-order valence-electron chi connectivity index (χ3n) is 3.51. The van der Waals surface area contributed by atoms with Gasteiger partial charge in [-0.05, 0) is 44.2 Å². The standard InChI is InChI=1S/C19H24N2O5S/c1-14(2)21-27(23,24)16-8-6-7-15(13-16)19(22)20-11-12-26-18-10-5-4-9-17(18)25-3/h4-10,13-14,21H,11-12H2,1-3H3,(H,20,22). The fraction of sp³-hybridized carbons (Fsp3) is 0.316. The summed E-state index contributed by atoms with van der Waals surface area (Å²) in [5, 5.41) is 2.71. The first kappa shape index (κ1) is 20.7. The second-order valence-corrected chi connectivity index (χ2v) is 7.77. The summed E-state index contributed by atoms with van der Waals surface area (Å²) >= 11 is 0. The Bertz CT molecular complexity index is 881. The summed E-state index contributed by atoms with van der Waals surface area (Å²) in [7, 11) is -2.10. The molecule has 0 aliphatic heterocycles. The number of para-hydroxylation sites is 2. The number of hydrogen-bond acceptors (Lipinski definition) is 5. The Morgan fingerprint density at radius 1 is 1.07 bits per heavy atom. The van der Waals surface area contributed by atoms with Crippen LogP contribution < -0.4 is 19.5 Å². The lowest BCUT2D eigenvalue weighted by molar-refractivity contribution is 0.0946. The van der Waals surface area contributed by atoms with E-state index in [0.717, 1.165) is 0 Å². The molecule has 0 bridgehead atoms. The Balaban J connectivity index is 1.94. The minimum atomic E-state index is -3.65. The Kier molecular flexibility index (Phi) is 7.20. The van der Waals surface area contributed by atoms with Gasteiger partial charge in [0.15, 0.2) is 11.5 Å². The van der Waals surface area contributed by atoms with Gasteiger partial charge in [0.1, 0.15) is 6.61 Å². The van der Waals surface area contributed by atoms with Crippen molar-refractivity contribution in [3.63, 3.8) is 0 Å². The van der Waals surface area contributed by atoms with Gasteiger partial charge in [-0.2, -0.15) is 0 Å². The second-order valence-electron chi connectivity index (χ2n) is 6.06. The molecule has 2 rings (SSSR count). The largest absolute Gasteiger partial charge is 0.493 e. The molecule has 0 aliphatic rings. The molecule has 2 N–H and O–H groups in total. The predicted octanol–water partition coefficient (Wildman–Crippen LogP) is 2.19. The third-order valence-corrected chi connectivity index (χ3v) is 5.17. The van der Waals surface area contributed by atoms with Crippen molar-refractivity contribution < 1.29 is 22.7 Å². The number of carbonyl (C=O) groups is 1. The van der Waals surface area contributed by atoms with Crippen molar-refractivity contribution in [3.8, 4) is 11.5 Å². The van der Waals surface area contributed by atoms with Crippen molar-refractivity contribution in [2.75, 3.05) is 20.3 Å². The molecule has 0 atom stereocenters. The molecule has 0 saturated carbocycles. The Labute approximate surface area is 159 Å². The molecular formula is C19H24N2O5S. The molecule has 27 heavy (non-hydrogen) atoms. The summed E-state index contributed by atoms with van der Waals surface area (Å²) in [5.41, 5.74) is 0.263. The minimum Gasteiger partial charge on any atom is -0.493 e. The summed E-state index contributed by atoms with van der Waals surface area (Å²) in [6.45, 7) is 3.97. The third kappa shape index (κ3) is 5.97. The van der Waals surface area contributed by atoms with Gasteiger partial charge in [0.25, 0.3) is 5.91 Å². The fourth-order valence-electron chi connectivity index (χ4n) is 2.35. The van der Waals surface area contributed by atoms with Crippen molar-refractivity contribution >= 4 is 15.9 Å². The van der Waals surface area contributed by atoms with Gasteiger partial charge in [0, 0.05) is 11.6 Å². The number of benzene rings is 2. The van der Waals surface area contributed by atoms with Crippen molar-refractivity contribution in [2.45, 2.75) is 24.8 Å². The molecular weight excluding hydrogens is 368 g/mol. The van der Waals surface area contributed by atoms with E-state index in [1.807, 2.05) is 12.1 Å². The molecule has 2 aromatic carbocycles. The van der Waals surface area contributed by atoms with Gasteiger partial charge < -0.3 is 14.8 Å². The van der Waals surface area contributed by atoms with Gasteiger partial charge in [0.05, 0.1) is 18.6 Å². The number of sulfonamides is 1. The molecule has 8 heteroatoms. The Morgan fingerprint density at radius 3 is 2.44 bits per heavy atom. The number of amides is 1. The molecule has 0 aliphatic carbocycles. The van der Waals surface area contributed by atoms with Crippen LogP contribution in [0.2, 0.25) is 0 Å². The molecule has 0 heterocycles. The monoisotopic (exact) mass is 392 g/mol. The summed E-state index contributed by atoms with van der Waals surface area (Å²) in [4.78, 5) is 12.3. The van der Waals surface area contributed by atoms with E-state index >= 15 is 0 Å². The van der Waals surface area contributed by atoms with Gasteiger partial charge in [-0.25, -0.2) is 13.1 Å². The zero-order valence-corrected chi connectivity index (χ0v) is 16.4. The summed E-state index contributed by atoms with van der Waals surface area (Å²) < 4.78 is 37.7. The van der Waals surface area contributed by atoms with Crippen LogP contribution in [0.4, 0.5) is 0 Å². The van der Waals surface area contributed by atoms with Crippen molar-refractivity contribution in [1.82, 2.24) is 10.0 Å². The Hall–Kier alpha value is -2.58. The zero-order valence-electron chi connectivity index (χ0n) is 15.6. The molecule has 0 spiro atoms. The van der Waals surface area contributed by atoms with E-state index in [1.54, 1.807) is 39.2 Å². The molecule has 0 fully saturated rings. The fourth-order valence-corrected chi connectivity index (χ4v) is 3.65. The Morgan fingerprint density at radius 2 is 1.78 bits per heavy atom. The van der Waals surface area contributed by atoms with Crippen LogP contribution in [0.3, 0.4) is 0 Å². The van der Waals surface area contributed by atoms with Gasteiger partial charge in [-0.15, -0.1) is 0 Å². The lowest BCUT2D eigenvalue weighted by atomic mass is 10.2. The van der Waals surface area contributed by atoms with Crippen LogP contribution in [-0.4, -0.2) is 40.6 Å². The first-order valence-electron chi connectivity index (χ1n) is 8.50. The molecule has 1 amide bonds. The van der Waals surface area contributed by atoms with Crippen LogP contribution >= 0.6 is 0 Å². The van der Waals surface area contributed by atoms with Crippen LogP contribution in [-0.2, 0) is 10.0 Å². The summed E-state index contributed by atoms with van der Waals surface area (Å²) in [6, 6.07) is 12.9. The van der Waals surface area contributed by atoms with Crippen LogP contribution in [0.15, 0.2) is 53.4 Å². The maximum atomic E-state index is 12.3. The number of rotatable bonds is 9. The highest BCUT2D eigenvalue weighted by Gasteiger charge is 2.17. The smallest absolute Gasteiger partial charge is 0.251 e.